The van der Waals surface area contributed by atoms with Gasteiger partial charge in [-0.15, -0.1) is 0 Å². The molecule has 1 atom stereocenters. The highest BCUT2D eigenvalue weighted by atomic mass is 16.1. The van der Waals surface area contributed by atoms with Crippen molar-refractivity contribution in [2.75, 3.05) is 20.6 Å². The molecule has 1 rings (SSSR count). The first-order valence-corrected chi connectivity index (χ1v) is 5.63. The van der Waals surface area contributed by atoms with Crippen LogP contribution in [0.15, 0.2) is 30.3 Å². The van der Waals surface area contributed by atoms with E-state index in [1.54, 1.807) is 4.90 Å². The SMILES string of the molecule is CNCC[C@H](Cc1ccccc1)N(C)C=O. The number of carbonyl (C=O) groups is 1. The van der Waals surface area contributed by atoms with E-state index < -0.39 is 0 Å². The first kappa shape index (κ1) is 12.7. The largest absolute Gasteiger partial charge is 0.345 e. The van der Waals surface area contributed by atoms with Gasteiger partial charge in [0.15, 0.2) is 0 Å². The van der Waals surface area contributed by atoms with Crippen LogP contribution in [0.4, 0.5) is 0 Å². The molecule has 0 saturated carbocycles. The van der Waals surface area contributed by atoms with Gasteiger partial charge in [0.25, 0.3) is 0 Å². The van der Waals surface area contributed by atoms with Crippen molar-refractivity contribution in [1.29, 1.82) is 0 Å². The quantitative estimate of drug-likeness (QED) is 0.702. The van der Waals surface area contributed by atoms with Crippen LogP contribution in [-0.4, -0.2) is 38.0 Å². The minimum Gasteiger partial charge on any atom is -0.345 e. The lowest BCUT2D eigenvalue weighted by Crippen LogP contribution is -2.34. The number of rotatable bonds is 7. The molecule has 0 unspecified atom stereocenters. The molecule has 0 aliphatic heterocycles. The Hall–Kier alpha value is -1.35. The number of hydrogen-bond donors (Lipinski definition) is 1. The van der Waals surface area contributed by atoms with Crippen molar-refractivity contribution in [2.45, 2.75) is 18.9 Å². The van der Waals surface area contributed by atoms with Crippen molar-refractivity contribution in [1.82, 2.24) is 10.2 Å². The number of nitrogens with zero attached hydrogens (tertiary/aromatic N) is 1. The minimum absolute atomic E-state index is 0.271. The van der Waals surface area contributed by atoms with Gasteiger partial charge in [0.2, 0.25) is 6.41 Å². The normalized spacial score (nSPS) is 12.1. The molecule has 0 spiro atoms. The van der Waals surface area contributed by atoms with E-state index in [9.17, 15) is 4.79 Å². The van der Waals surface area contributed by atoms with Gasteiger partial charge < -0.3 is 10.2 Å². The van der Waals surface area contributed by atoms with Gasteiger partial charge in [0.1, 0.15) is 0 Å². The maximum absolute atomic E-state index is 10.8. The summed E-state index contributed by atoms with van der Waals surface area (Å²) in [5.74, 6) is 0. The molecule has 16 heavy (non-hydrogen) atoms. The predicted molar refractivity (Wildman–Crippen MR) is 66.3 cm³/mol. The van der Waals surface area contributed by atoms with Gasteiger partial charge in [-0.2, -0.15) is 0 Å². The van der Waals surface area contributed by atoms with Gasteiger partial charge in [-0.25, -0.2) is 0 Å². The van der Waals surface area contributed by atoms with Crippen molar-refractivity contribution >= 4 is 6.41 Å². The summed E-state index contributed by atoms with van der Waals surface area (Å²) in [6.45, 7) is 0.926. The Kier molecular flexibility index (Phi) is 5.57. The van der Waals surface area contributed by atoms with E-state index in [0.29, 0.717) is 0 Å². The van der Waals surface area contributed by atoms with E-state index in [1.165, 1.54) is 5.56 Å². The van der Waals surface area contributed by atoms with Crippen molar-refractivity contribution in [3.05, 3.63) is 35.9 Å². The summed E-state index contributed by atoms with van der Waals surface area (Å²) >= 11 is 0. The minimum atomic E-state index is 0.271. The van der Waals surface area contributed by atoms with Crippen LogP contribution in [0.25, 0.3) is 0 Å². The first-order valence-electron chi connectivity index (χ1n) is 5.63. The molecule has 1 aromatic rings. The molecule has 0 fully saturated rings. The monoisotopic (exact) mass is 220 g/mol. The zero-order chi connectivity index (χ0) is 11.8. The summed E-state index contributed by atoms with van der Waals surface area (Å²) in [5.41, 5.74) is 1.28. The second-order valence-corrected chi connectivity index (χ2v) is 4.01. The first-order chi connectivity index (χ1) is 7.77. The molecule has 1 N–H and O–H groups in total. The van der Waals surface area contributed by atoms with E-state index in [4.69, 9.17) is 0 Å². The average molecular weight is 220 g/mol. The maximum Gasteiger partial charge on any atom is 0.209 e. The summed E-state index contributed by atoms with van der Waals surface area (Å²) in [5, 5.41) is 3.12. The molecule has 1 aromatic carbocycles. The predicted octanol–water partition coefficient (Wildman–Crippen LogP) is 1.30. The third-order valence-corrected chi connectivity index (χ3v) is 2.78. The lowest BCUT2D eigenvalue weighted by atomic mass is 10.0. The van der Waals surface area contributed by atoms with Crippen LogP contribution in [0, 0.1) is 0 Å². The van der Waals surface area contributed by atoms with Crippen molar-refractivity contribution in [2.24, 2.45) is 0 Å². The van der Waals surface area contributed by atoms with Crippen molar-refractivity contribution < 1.29 is 4.79 Å². The Labute approximate surface area is 97.5 Å². The molecule has 3 heteroatoms. The van der Waals surface area contributed by atoms with Crippen LogP contribution in [0.1, 0.15) is 12.0 Å². The number of nitrogens with one attached hydrogen (secondary N) is 1. The van der Waals surface area contributed by atoms with Gasteiger partial charge in [0.05, 0.1) is 0 Å². The summed E-state index contributed by atoms with van der Waals surface area (Å²) < 4.78 is 0. The fourth-order valence-corrected chi connectivity index (χ4v) is 1.73. The molecule has 0 radical (unpaired) electrons. The van der Waals surface area contributed by atoms with Crippen LogP contribution < -0.4 is 5.32 Å². The molecule has 0 aliphatic carbocycles. The number of amides is 1. The molecule has 0 aromatic heterocycles. The van der Waals surface area contributed by atoms with Crippen LogP contribution in [0.5, 0.6) is 0 Å². The molecule has 0 bridgehead atoms. The molecule has 0 saturated heterocycles. The van der Waals surface area contributed by atoms with E-state index in [2.05, 4.69) is 17.4 Å². The number of carbonyl (C=O) groups excluding carboxylic acids is 1. The Morgan fingerprint density at radius 3 is 2.62 bits per heavy atom. The molecule has 3 nitrogen and oxygen atoms in total. The Bertz CT molecular complexity index is 300. The molecule has 0 aliphatic rings. The Balaban J connectivity index is 2.59. The molecule has 1 amide bonds. The molecule has 88 valence electrons. The fourth-order valence-electron chi connectivity index (χ4n) is 1.73. The second-order valence-electron chi connectivity index (χ2n) is 4.01. The van der Waals surface area contributed by atoms with Crippen LogP contribution in [-0.2, 0) is 11.2 Å². The Morgan fingerprint density at radius 2 is 2.06 bits per heavy atom. The van der Waals surface area contributed by atoms with Crippen molar-refractivity contribution in [3.63, 3.8) is 0 Å². The molecule has 0 heterocycles. The summed E-state index contributed by atoms with van der Waals surface area (Å²) in [6, 6.07) is 10.6. The van der Waals surface area contributed by atoms with E-state index in [-0.39, 0.29) is 6.04 Å². The van der Waals surface area contributed by atoms with Crippen LogP contribution >= 0.6 is 0 Å². The van der Waals surface area contributed by atoms with E-state index >= 15 is 0 Å². The van der Waals surface area contributed by atoms with Gasteiger partial charge >= 0.3 is 0 Å². The summed E-state index contributed by atoms with van der Waals surface area (Å²) in [4.78, 5) is 12.6. The average Bonchev–Trinajstić information content (AvgIpc) is 2.34. The van der Waals surface area contributed by atoms with Crippen LogP contribution in [0.3, 0.4) is 0 Å². The second kappa shape index (κ2) is 7.01. The molecular weight excluding hydrogens is 200 g/mol. The smallest absolute Gasteiger partial charge is 0.209 e. The highest BCUT2D eigenvalue weighted by Gasteiger charge is 2.13. The number of likely N-dealkylation sites (N-methyl/N-ethyl adjacent to an activating group) is 1. The summed E-state index contributed by atoms with van der Waals surface area (Å²) in [6.07, 6.45) is 2.79. The highest BCUT2D eigenvalue weighted by molar-refractivity contribution is 5.47. The lowest BCUT2D eigenvalue weighted by molar-refractivity contribution is -0.118. The Morgan fingerprint density at radius 1 is 1.38 bits per heavy atom. The molecular formula is C13H20N2O. The third-order valence-electron chi connectivity index (χ3n) is 2.78. The van der Waals surface area contributed by atoms with Gasteiger partial charge in [-0.05, 0) is 32.0 Å². The topological polar surface area (TPSA) is 32.3 Å². The highest BCUT2D eigenvalue weighted by Crippen LogP contribution is 2.09. The zero-order valence-corrected chi connectivity index (χ0v) is 10.0. The van der Waals surface area contributed by atoms with Crippen molar-refractivity contribution in [3.8, 4) is 0 Å². The van der Waals surface area contributed by atoms with Gasteiger partial charge in [-0.1, -0.05) is 30.3 Å². The fraction of sp³-hybridized carbons (Fsp3) is 0.462. The van der Waals surface area contributed by atoms with Gasteiger partial charge in [-0.3, -0.25) is 4.79 Å². The maximum atomic E-state index is 10.8. The standard InChI is InChI=1S/C13H20N2O/c1-14-9-8-13(15(2)11-16)10-12-6-4-3-5-7-12/h3-7,11,13-14H,8-10H2,1-2H3/t13-/m1/s1. The van der Waals surface area contributed by atoms with Crippen LogP contribution in [0.2, 0.25) is 0 Å². The summed E-state index contributed by atoms with van der Waals surface area (Å²) in [7, 11) is 3.77. The zero-order valence-electron chi connectivity index (χ0n) is 10.0. The number of benzene rings is 1. The number of hydrogen-bond acceptors (Lipinski definition) is 2. The lowest BCUT2D eigenvalue weighted by Gasteiger charge is -2.24. The van der Waals surface area contributed by atoms with E-state index in [1.807, 2.05) is 32.3 Å². The van der Waals surface area contributed by atoms with Gasteiger partial charge in [0, 0.05) is 13.1 Å². The van der Waals surface area contributed by atoms with E-state index in [0.717, 1.165) is 25.8 Å². The third kappa shape index (κ3) is 4.03.